The van der Waals surface area contributed by atoms with Crippen LogP contribution in [0, 0.1) is 0 Å². The van der Waals surface area contributed by atoms with E-state index in [2.05, 4.69) is 5.32 Å². The number of benzene rings is 3. The van der Waals surface area contributed by atoms with Crippen molar-refractivity contribution in [3.63, 3.8) is 0 Å². The Balaban J connectivity index is 1.56. The number of carbonyl (C=O) groups is 2. The summed E-state index contributed by atoms with van der Waals surface area (Å²) >= 11 is 1.50. The van der Waals surface area contributed by atoms with Crippen LogP contribution in [0.5, 0.6) is 0 Å². The molecule has 29 heavy (non-hydrogen) atoms. The lowest BCUT2D eigenvalue weighted by molar-refractivity contribution is -0.115. The zero-order valence-electron chi connectivity index (χ0n) is 15.7. The Kier molecular flexibility index (Phi) is 5.81. The van der Waals surface area contributed by atoms with Gasteiger partial charge in [-0.25, -0.2) is 4.79 Å². The summed E-state index contributed by atoms with van der Waals surface area (Å²) in [6.07, 6.45) is -0.365. The fourth-order valence-corrected chi connectivity index (χ4v) is 4.17. The minimum Gasteiger partial charge on any atom is -0.447 e. The second-order valence-corrected chi connectivity index (χ2v) is 7.71. The molecule has 1 heterocycles. The first-order valence-corrected chi connectivity index (χ1v) is 10.2. The average Bonchev–Trinajstić information content (AvgIpc) is 3.19. The largest absolute Gasteiger partial charge is 0.447 e. The molecule has 4 rings (SSSR count). The molecule has 2 amide bonds. The molecule has 5 nitrogen and oxygen atoms in total. The van der Waals surface area contributed by atoms with E-state index in [1.54, 1.807) is 11.0 Å². The number of hydrogen-bond acceptors (Lipinski definition) is 4. The molecule has 1 atom stereocenters. The van der Waals surface area contributed by atoms with Crippen LogP contribution in [0.1, 0.15) is 10.8 Å². The summed E-state index contributed by atoms with van der Waals surface area (Å²) in [6, 6.07) is 26.8. The SMILES string of the molecule is O=C(Nc1cccc(N2CCOC2=O)c1)C(Sc1ccccc1)c1ccccc1. The molecule has 0 saturated carbocycles. The predicted molar refractivity (Wildman–Crippen MR) is 115 cm³/mol. The Morgan fingerprint density at radius 3 is 2.38 bits per heavy atom. The molecule has 0 bridgehead atoms. The summed E-state index contributed by atoms with van der Waals surface area (Å²) in [4.78, 5) is 27.6. The van der Waals surface area contributed by atoms with Gasteiger partial charge in [-0.2, -0.15) is 0 Å². The summed E-state index contributed by atoms with van der Waals surface area (Å²) < 4.78 is 5.00. The fourth-order valence-electron chi connectivity index (χ4n) is 3.12. The quantitative estimate of drug-likeness (QED) is 0.580. The van der Waals surface area contributed by atoms with Crippen molar-refractivity contribution in [1.82, 2.24) is 0 Å². The van der Waals surface area contributed by atoms with E-state index in [1.807, 2.05) is 78.9 Å². The van der Waals surface area contributed by atoms with Crippen molar-refractivity contribution < 1.29 is 14.3 Å². The van der Waals surface area contributed by atoms with E-state index in [0.717, 1.165) is 10.5 Å². The number of anilines is 2. The monoisotopic (exact) mass is 404 g/mol. The molecule has 1 aliphatic rings. The topological polar surface area (TPSA) is 58.6 Å². The number of nitrogens with zero attached hydrogens (tertiary/aromatic N) is 1. The van der Waals surface area contributed by atoms with Gasteiger partial charge in [0.15, 0.2) is 0 Å². The second-order valence-electron chi connectivity index (χ2n) is 6.53. The third kappa shape index (κ3) is 4.60. The number of nitrogens with one attached hydrogen (secondary N) is 1. The highest BCUT2D eigenvalue weighted by Crippen LogP contribution is 2.36. The smallest absolute Gasteiger partial charge is 0.414 e. The second kappa shape index (κ2) is 8.84. The summed E-state index contributed by atoms with van der Waals surface area (Å²) in [5.41, 5.74) is 2.28. The summed E-state index contributed by atoms with van der Waals surface area (Å²) in [7, 11) is 0. The maximum Gasteiger partial charge on any atom is 0.414 e. The van der Waals surface area contributed by atoms with Crippen LogP contribution in [0.25, 0.3) is 0 Å². The van der Waals surface area contributed by atoms with Gasteiger partial charge in [0.05, 0.1) is 6.54 Å². The van der Waals surface area contributed by atoms with Gasteiger partial charge >= 0.3 is 6.09 Å². The summed E-state index contributed by atoms with van der Waals surface area (Å²) in [6.45, 7) is 0.881. The van der Waals surface area contributed by atoms with Crippen LogP contribution < -0.4 is 10.2 Å². The zero-order chi connectivity index (χ0) is 20.1. The molecule has 1 N–H and O–H groups in total. The third-order valence-corrected chi connectivity index (χ3v) is 5.79. The van der Waals surface area contributed by atoms with Crippen molar-refractivity contribution in [2.24, 2.45) is 0 Å². The first-order chi connectivity index (χ1) is 14.2. The maximum atomic E-state index is 13.2. The van der Waals surface area contributed by atoms with Crippen molar-refractivity contribution in [3.05, 3.63) is 90.5 Å². The van der Waals surface area contributed by atoms with Crippen molar-refractivity contribution in [3.8, 4) is 0 Å². The molecule has 3 aromatic rings. The van der Waals surface area contributed by atoms with Crippen molar-refractivity contribution in [2.75, 3.05) is 23.4 Å². The van der Waals surface area contributed by atoms with Gasteiger partial charge < -0.3 is 10.1 Å². The number of carbonyl (C=O) groups excluding carboxylic acids is 2. The highest BCUT2D eigenvalue weighted by atomic mass is 32.2. The van der Waals surface area contributed by atoms with Crippen LogP contribution in [0.3, 0.4) is 0 Å². The standard InChI is InChI=1S/C23H20N2O3S/c26-22(24-18-10-7-11-19(16-18)25-14-15-28-23(25)27)21(17-8-3-1-4-9-17)29-20-12-5-2-6-13-20/h1-13,16,21H,14-15H2,(H,24,26). The first kappa shape index (κ1) is 19.1. The Morgan fingerprint density at radius 2 is 1.69 bits per heavy atom. The number of amides is 2. The van der Waals surface area contributed by atoms with Crippen LogP contribution in [0.15, 0.2) is 89.8 Å². The molecule has 6 heteroatoms. The molecule has 1 saturated heterocycles. The fraction of sp³-hybridized carbons (Fsp3) is 0.130. The lowest BCUT2D eigenvalue weighted by Gasteiger charge is -2.18. The van der Waals surface area contributed by atoms with Crippen molar-refractivity contribution in [1.29, 1.82) is 0 Å². The van der Waals surface area contributed by atoms with E-state index < -0.39 is 5.25 Å². The molecule has 0 radical (unpaired) electrons. The normalized spacial score (nSPS) is 14.3. The highest BCUT2D eigenvalue weighted by Gasteiger charge is 2.25. The minimum atomic E-state index is -0.404. The Hall–Kier alpha value is -3.25. The van der Waals surface area contributed by atoms with Gasteiger partial charge in [-0.1, -0.05) is 54.6 Å². The van der Waals surface area contributed by atoms with Crippen LogP contribution in [-0.2, 0) is 9.53 Å². The Morgan fingerprint density at radius 1 is 0.966 bits per heavy atom. The molecular weight excluding hydrogens is 384 g/mol. The molecule has 1 aliphatic heterocycles. The molecule has 146 valence electrons. The van der Waals surface area contributed by atoms with Crippen LogP contribution in [0.2, 0.25) is 0 Å². The highest BCUT2D eigenvalue weighted by molar-refractivity contribution is 8.00. The Bertz CT molecular complexity index is 995. The number of ether oxygens (including phenoxy) is 1. The van der Waals surface area contributed by atoms with E-state index in [4.69, 9.17) is 4.74 Å². The van der Waals surface area contributed by atoms with Gasteiger partial charge in [-0.3, -0.25) is 9.69 Å². The molecule has 3 aromatic carbocycles. The van der Waals surface area contributed by atoms with Gasteiger partial charge in [0.2, 0.25) is 5.91 Å². The third-order valence-electron chi connectivity index (χ3n) is 4.52. The van der Waals surface area contributed by atoms with Gasteiger partial charge in [-0.05, 0) is 35.9 Å². The van der Waals surface area contributed by atoms with Gasteiger partial charge in [0, 0.05) is 16.3 Å². The van der Waals surface area contributed by atoms with Gasteiger partial charge in [0.25, 0.3) is 0 Å². The number of rotatable bonds is 6. The molecule has 1 fully saturated rings. The van der Waals surface area contributed by atoms with Crippen LogP contribution in [0.4, 0.5) is 16.2 Å². The van der Waals surface area contributed by atoms with Crippen molar-refractivity contribution >= 4 is 35.1 Å². The number of hydrogen-bond donors (Lipinski definition) is 1. The van der Waals surface area contributed by atoms with Crippen LogP contribution >= 0.6 is 11.8 Å². The van der Waals surface area contributed by atoms with E-state index in [-0.39, 0.29) is 12.0 Å². The number of cyclic esters (lactones) is 1. The van der Waals surface area contributed by atoms with E-state index in [1.165, 1.54) is 11.8 Å². The maximum absolute atomic E-state index is 13.2. The lowest BCUT2D eigenvalue weighted by atomic mass is 10.1. The van der Waals surface area contributed by atoms with E-state index in [9.17, 15) is 9.59 Å². The minimum absolute atomic E-state index is 0.119. The Labute approximate surface area is 173 Å². The van der Waals surface area contributed by atoms with Gasteiger partial charge in [0.1, 0.15) is 11.9 Å². The number of thioether (sulfide) groups is 1. The van der Waals surface area contributed by atoms with Gasteiger partial charge in [-0.15, -0.1) is 11.8 Å². The lowest BCUT2D eigenvalue weighted by Crippen LogP contribution is -2.24. The predicted octanol–water partition coefficient (Wildman–Crippen LogP) is 5.12. The van der Waals surface area contributed by atoms with E-state index >= 15 is 0 Å². The van der Waals surface area contributed by atoms with Crippen molar-refractivity contribution in [2.45, 2.75) is 10.1 Å². The van der Waals surface area contributed by atoms with E-state index in [0.29, 0.717) is 24.5 Å². The first-order valence-electron chi connectivity index (χ1n) is 9.32. The molecule has 0 aromatic heterocycles. The van der Waals surface area contributed by atoms with Crippen LogP contribution in [-0.4, -0.2) is 25.2 Å². The molecule has 0 aliphatic carbocycles. The molecule has 0 spiro atoms. The molecular formula is C23H20N2O3S. The zero-order valence-corrected chi connectivity index (χ0v) is 16.5. The summed E-state index contributed by atoms with van der Waals surface area (Å²) in [5, 5.41) is 2.60. The molecule has 1 unspecified atom stereocenters. The average molecular weight is 404 g/mol. The summed E-state index contributed by atoms with van der Waals surface area (Å²) in [5.74, 6) is -0.119.